The lowest BCUT2D eigenvalue weighted by Crippen LogP contribution is -2.57. The van der Waals surface area contributed by atoms with Crippen LogP contribution in [0.5, 0.6) is 0 Å². The fourth-order valence-electron chi connectivity index (χ4n) is 2.65. The summed E-state index contributed by atoms with van der Waals surface area (Å²) in [5.74, 6) is -1.86. The molecule has 0 unspecified atom stereocenters. The van der Waals surface area contributed by atoms with Gasteiger partial charge in [0, 0.05) is 12.4 Å². The van der Waals surface area contributed by atoms with Crippen LogP contribution in [0.4, 0.5) is 0 Å². The minimum absolute atomic E-state index is 0.00848. The van der Waals surface area contributed by atoms with E-state index in [1.807, 2.05) is 0 Å². The van der Waals surface area contributed by atoms with Crippen molar-refractivity contribution in [3.8, 4) is 0 Å². The minimum Gasteiger partial charge on any atom is -0.426 e. The molecule has 1 aliphatic carbocycles. The molecule has 1 saturated carbocycles. The molecule has 1 aromatic rings. The molecule has 0 spiro atoms. The van der Waals surface area contributed by atoms with Crippen molar-refractivity contribution >= 4 is 18.9 Å². The van der Waals surface area contributed by atoms with Gasteiger partial charge in [-0.3, -0.25) is 14.6 Å². The second-order valence-electron chi connectivity index (χ2n) is 6.34. The van der Waals surface area contributed by atoms with Crippen molar-refractivity contribution < 1.29 is 24.7 Å². The largest absolute Gasteiger partial charge is 0.475 e. The summed E-state index contributed by atoms with van der Waals surface area (Å²) in [7, 11) is -1.71. The first-order valence-electron chi connectivity index (χ1n) is 8.30. The van der Waals surface area contributed by atoms with E-state index >= 15 is 0 Å². The number of aromatic nitrogens is 2. The monoisotopic (exact) mass is 350 g/mol. The molecule has 2 amide bonds. The average Bonchev–Trinajstić information content (AvgIpc) is 2.54. The van der Waals surface area contributed by atoms with E-state index in [0.29, 0.717) is 12.3 Å². The zero-order chi connectivity index (χ0) is 18.4. The zero-order valence-corrected chi connectivity index (χ0v) is 14.0. The molecule has 0 aliphatic heterocycles. The molecular formula is C15H23BN4O5. The van der Waals surface area contributed by atoms with Crippen molar-refractivity contribution in [2.75, 3.05) is 0 Å². The van der Waals surface area contributed by atoms with Gasteiger partial charge in [0.2, 0.25) is 5.91 Å². The van der Waals surface area contributed by atoms with Gasteiger partial charge in [0.1, 0.15) is 11.7 Å². The number of rotatable bonds is 8. The van der Waals surface area contributed by atoms with Crippen molar-refractivity contribution in [2.45, 2.75) is 50.7 Å². The Bertz CT molecular complexity index is 583. The van der Waals surface area contributed by atoms with Gasteiger partial charge in [0.05, 0.1) is 18.2 Å². The number of aliphatic hydroxyl groups excluding tert-OH is 1. The van der Waals surface area contributed by atoms with Crippen LogP contribution < -0.4 is 10.6 Å². The Labute approximate surface area is 146 Å². The van der Waals surface area contributed by atoms with E-state index in [9.17, 15) is 24.7 Å². The lowest BCUT2D eigenvalue weighted by Gasteiger charge is -2.31. The molecule has 9 nitrogen and oxygen atoms in total. The number of nitrogens with zero attached hydrogens (tertiary/aromatic N) is 2. The van der Waals surface area contributed by atoms with Crippen LogP contribution >= 0.6 is 0 Å². The molecule has 10 heteroatoms. The molecule has 25 heavy (non-hydrogen) atoms. The van der Waals surface area contributed by atoms with Gasteiger partial charge in [0.25, 0.3) is 5.91 Å². The normalized spacial score (nSPS) is 17.8. The molecule has 1 fully saturated rings. The quantitative estimate of drug-likeness (QED) is 0.364. The van der Waals surface area contributed by atoms with Crippen LogP contribution in [0, 0.1) is 5.92 Å². The van der Waals surface area contributed by atoms with E-state index in [1.54, 1.807) is 0 Å². The maximum atomic E-state index is 12.4. The molecule has 2 rings (SSSR count). The predicted molar refractivity (Wildman–Crippen MR) is 89.0 cm³/mol. The first-order valence-corrected chi connectivity index (χ1v) is 8.30. The number of hydrogen-bond acceptors (Lipinski definition) is 7. The summed E-state index contributed by atoms with van der Waals surface area (Å²) in [6.07, 6.45) is 6.31. The summed E-state index contributed by atoms with van der Waals surface area (Å²) < 4.78 is 0. The van der Waals surface area contributed by atoms with E-state index in [0.717, 1.165) is 19.3 Å². The van der Waals surface area contributed by atoms with Gasteiger partial charge in [-0.15, -0.1) is 0 Å². The predicted octanol–water partition coefficient (Wildman–Crippen LogP) is -1.36. The molecule has 1 aliphatic rings. The highest BCUT2D eigenvalue weighted by Crippen LogP contribution is 2.30. The second kappa shape index (κ2) is 8.88. The fourth-order valence-corrected chi connectivity index (χ4v) is 2.65. The summed E-state index contributed by atoms with van der Waals surface area (Å²) in [5, 5.41) is 33.7. The third-order valence-electron chi connectivity index (χ3n) is 4.35. The second-order valence-corrected chi connectivity index (χ2v) is 6.34. The molecule has 0 bridgehead atoms. The van der Waals surface area contributed by atoms with Crippen molar-refractivity contribution in [1.82, 2.24) is 20.6 Å². The van der Waals surface area contributed by atoms with E-state index in [4.69, 9.17) is 0 Å². The summed E-state index contributed by atoms with van der Waals surface area (Å²) >= 11 is 0. The number of aliphatic hydroxyl groups is 1. The number of carbonyl (C=O) groups is 2. The Kier molecular flexibility index (Phi) is 6.86. The highest BCUT2D eigenvalue weighted by molar-refractivity contribution is 6.43. The van der Waals surface area contributed by atoms with Gasteiger partial charge < -0.3 is 25.8 Å². The van der Waals surface area contributed by atoms with Crippen LogP contribution in [0.2, 0.25) is 0 Å². The Balaban J connectivity index is 1.99. The van der Waals surface area contributed by atoms with Gasteiger partial charge in [-0.2, -0.15) is 0 Å². The van der Waals surface area contributed by atoms with Gasteiger partial charge in [-0.05, 0) is 19.3 Å². The van der Waals surface area contributed by atoms with Crippen LogP contribution in [-0.2, 0) is 4.79 Å². The first kappa shape index (κ1) is 19.3. The standard InChI is InChI=1S/C15H23BN4O5/c1-9(21)13(20-14(22)11-8-17-5-6-18-11)15(23)19-12(16(24)25)7-10-3-2-4-10/h5-6,8-10,12-13,21,24-25H,2-4,7H2,1H3,(H,19,23)(H,20,22)/t9-,12-,13-/m0/s1. The van der Waals surface area contributed by atoms with Gasteiger partial charge in [-0.25, -0.2) is 4.98 Å². The van der Waals surface area contributed by atoms with Gasteiger partial charge in [0.15, 0.2) is 0 Å². The molecule has 1 aromatic heterocycles. The summed E-state index contributed by atoms with van der Waals surface area (Å²) in [6, 6.07) is -1.25. The summed E-state index contributed by atoms with van der Waals surface area (Å²) in [6.45, 7) is 1.36. The van der Waals surface area contributed by atoms with E-state index < -0.39 is 37.0 Å². The molecule has 5 N–H and O–H groups in total. The number of hydrogen-bond donors (Lipinski definition) is 5. The van der Waals surface area contributed by atoms with Crippen molar-refractivity contribution in [3.63, 3.8) is 0 Å². The summed E-state index contributed by atoms with van der Waals surface area (Å²) in [4.78, 5) is 32.1. The number of amides is 2. The van der Waals surface area contributed by atoms with Crippen LogP contribution in [-0.4, -0.2) is 62.1 Å². The molecule has 0 aromatic carbocycles. The minimum atomic E-state index is -1.71. The van der Waals surface area contributed by atoms with Crippen molar-refractivity contribution in [1.29, 1.82) is 0 Å². The lowest BCUT2D eigenvalue weighted by atomic mass is 9.69. The number of carbonyl (C=O) groups excluding carboxylic acids is 2. The van der Waals surface area contributed by atoms with Crippen molar-refractivity contribution in [2.24, 2.45) is 5.92 Å². The molecule has 136 valence electrons. The van der Waals surface area contributed by atoms with Gasteiger partial charge in [-0.1, -0.05) is 19.3 Å². The zero-order valence-electron chi connectivity index (χ0n) is 14.0. The maximum absolute atomic E-state index is 12.4. The Morgan fingerprint density at radius 2 is 2.04 bits per heavy atom. The SMILES string of the molecule is C[C@H](O)[C@H](NC(=O)c1cnccn1)C(=O)N[C@@H](CC1CCC1)B(O)O. The molecular weight excluding hydrogens is 327 g/mol. The fraction of sp³-hybridized carbons (Fsp3) is 0.600. The Hall–Kier alpha value is -2.04. The smallest absolute Gasteiger partial charge is 0.426 e. The van der Waals surface area contributed by atoms with Crippen molar-refractivity contribution in [3.05, 3.63) is 24.3 Å². The van der Waals surface area contributed by atoms with E-state index in [1.165, 1.54) is 25.5 Å². The maximum Gasteiger partial charge on any atom is 0.475 e. The topological polar surface area (TPSA) is 145 Å². The van der Waals surface area contributed by atoms with E-state index in [2.05, 4.69) is 20.6 Å². The molecule has 0 radical (unpaired) electrons. The highest BCUT2D eigenvalue weighted by atomic mass is 16.4. The number of nitrogens with one attached hydrogen (secondary N) is 2. The third kappa shape index (κ3) is 5.48. The van der Waals surface area contributed by atoms with E-state index in [-0.39, 0.29) is 5.69 Å². The van der Waals surface area contributed by atoms with Crippen LogP contribution in [0.3, 0.4) is 0 Å². The Morgan fingerprint density at radius 1 is 1.32 bits per heavy atom. The van der Waals surface area contributed by atoms with Crippen LogP contribution in [0.1, 0.15) is 43.1 Å². The van der Waals surface area contributed by atoms with Crippen LogP contribution in [0.15, 0.2) is 18.6 Å². The molecule has 1 heterocycles. The highest BCUT2D eigenvalue weighted by Gasteiger charge is 2.34. The molecule has 0 saturated heterocycles. The first-order chi connectivity index (χ1) is 11.9. The Morgan fingerprint density at radius 3 is 2.52 bits per heavy atom. The van der Waals surface area contributed by atoms with Gasteiger partial charge >= 0.3 is 7.12 Å². The summed E-state index contributed by atoms with van der Waals surface area (Å²) in [5.41, 5.74) is 0.00848. The molecule has 3 atom stereocenters. The average molecular weight is 350 g/mol. The van der Waals surface area contributed by atoms with Crippen LogP contribution in [0.25, 0.3) is 0 Å². The lowest BCUT2D eigenvalue weighted by molar-refractivity contribution is -0.125. The third-order valence-corrected chi connectivity index (χ3v) is 4.35.